The molecule has 8 atom stereocenters. The van der Waals surface area contributed by atoms with Crippen LogP contribution in [0, 0.1) is 47.3 Å². The fourth-order valence-electron chi connectivity index (χ4n) is 4.66. The van der Waals surface area contributed by atoms with Gasteiger partial charge in [-0.3, -0.25) is 0 Å². The van der Waals surface area contributed by atoms with Crippen molar-refractivity contribution in [3.63, 3.8) is 0 Å². The summed E-state index contributed by atoms with van der Waals surface area (Å²) in [6.45, 7) is 20.0. The van der Waals surface area contributed by atoms with Gasteiger partial charge in [-0.15, -0.1) is 0 Å². The Morgan fingerprint density at radius 3 is 1.43 bits per heavy atom. The summed E-state index contributed by atoms with van der Waals surface area (Å²) in [6, 6.07) is 0. The van der Waals surface area contributed by atoms with Crippen LogP contribution in [-0.2, 0) is 0 Å². The molecule has 0 aromatic carbocycles. The highest BCUT2D eigenvalue weighted by Crippen LogP contribution is 2.39. The van der Waals surface area contributed by atoms with Crippen LogP contribution in [0.4, 0.5) is 0 Å². The van der Waals surface area contributed by atoms with Crippen LogP contribution in [0.1, 0.15) is 87.5 Å². The monoisotopic (exact) mass is 294 g/mol. The quantitative estimate of drug-likeness (QED) is 0.486. The maximum absolute atomic E-state index is 2.52. The Bertz CT molecular complexity index is 282. The molecule has 0 saturated heterocycles. The van der Waals surface area contributed by atoms with Crippen molar-refractivity contribution in [1.29, 1.82) is 0 Å². The van der Waals surface area contributed by atoms with E-state index in [0.717, 1.165) is 47.3 Å². The molecule has 1 rings (SSSR count). The van der Waals surface area contributed by atoms with E-state index in [9.17, 15) is 0 Å². The molecule has 0 aliphatic heterocycles. The van der Waals surface area contributed by atoms with Crippen molar-refractivity contribution in [3.05, 3.63) is 0 Å². The first kappa shape index (κ1) is 19.0. The third kappa shape index (κ3) is 5.29. The van der Waals surface area contributed by atoms with E-state index >= 15 is 0 Å². The van der Waals surface area contributed by atoms with Gasteiger partial charge >= 0.3 is 0 Å². The summed E-state index contributed by atoms with van der Waals surface area (Å²) in [6.07, 6.45) is 7.09. The summed E-state index contributed by atoms with van der Waals surface area (Å²) in [7, 11) is 0. The Labute approximate surface area is 135 Å². The normalized spacial score (nSPS) is 47.4. The molecule has 0 bridgehead atoms. The lowest BCUT2D eigenvalue weighted by Crippen LogP contribution is -2.27. The van der Waals surface area contributed by atoms with Gasteiger partial charge in [0.15, 0.2) is 0 Å². The van der Waals surface area contributed by atoms with Gasteiger partial charge in [-0.05, 0) is 60.2 Å². The van der Waals surface area contributed by atoms with Crippen LogP contribution in [0.15, 0.2) is 0 Å². The smallest absolute Gasteiger partial charge is 0.0388 e. The van der Waals surface area contributed by atoms with Gasteiger partial charge in [-0.25, -0.2) is 0 Å². The van der Waals surface area contributed by atoms with Crippen molar-refractivity contribution in [2.75, 3.05) is 0 Å². The summed E-state index contributed by atoms with van der Waals surface area (Å²) < 4.78 is 0. The van der Waals surface area contributed by atoms with Crippen LogP contribution in [0.25, 0.3) is 0 Å². The van der Waals surface area contributed by atoms with E-state index in [1.165, 1.54) is 32.1 Å². The highest BCUT2D eigenvalue weighted by atomic mass is 14.3. The van der Waals surface area contributed by atoms with Gasteiger partial charge in [0.05, 0.1) is 0 Å². The molecule has 0 aromatic rings. The summed E-state index contributed by atoms with van der Waals surface area (Å²) in [5, 5.41) is 0. The average Bonchev–Trinajstić information content (AvgIpc) is 2.46. The molecule has 1 fully saturated rings. The zero-order chi connectivity index (χ0) is 16.2. The summed E-state index contributed by atoms with van der Waals surface area (Å²) in [5.41, 5.74) is 0. The Kier molecular flexibility index (Phi) is 7.79. The van der Waals surface area contributed by atoms with E-state index in [4.69, 9.17) is 0 Å². The minimum absolute atomic E-state index is 0.879. The average molecular weight is 295 g/mol. The lowest BCUT2D eigenvalue weighted by Gasteiger charge is -2.36. The molecule has 8 unspecified atom stereocenters. The van der Waals surface area contributed by atoms with Crippen LogP contribution in [0.2, 0.25) is 0 Å². The van der Waals surface area contributed by atoms with Gasteiger partial charge in [0.2, 0.25) is 0 Å². The standard InChI is InChI=1S/C21H42/c1-9-21-13-17(5)20(8)15(3)11-10-14(2)19(7)16(4)12-18(21)6/h14-21H,9-13H2,1-8H3. The molecule has 0 amide bonds. The van der Waals surface area contributed by atoms with E-state index in [1.54, 1.807) is 0 Å². The SMILES string of the molecule is CCC1CC(C)C(C)C(C)CCC(C)C(C)C(C)CC1C. The number of hydrogen-bond donors (Lipinski definition) is 0. The van der Waals surface area contributed by atoms with Crippen LogP contribution >= 0.6 is 0 Å². The van der Waals surface area contributed by atoms with Gasteiger partial charge in [-0.1, -0.05) is 74.7 Å². The minimum atomic E-state index is 0.879. The third-order valence-electron chi connectivity index (χ3n) is 7.41. The molecular formula is C21H42. The van der Waals surface area contributed by atoms with Gasteiger partial charge < -0.3 is 0 Å². The maximum atomic E-state index is 2.52. The van der Waals surface area contributed by atoms with Crippen LogP contribution in [-0.4, -0.2) is 0 Å². The van der Waals surface area contributed by atoms with Crippen molar-refractivity contribution < 1.29 is 0 Å². The van der Waals surface area contributed by atoms with Crippen LogP contribution in [0.3, 0.4) is 0 Å². The molecule has 0 spiro atoms. The Morgan fingerprint density at radius 2 is 1.00 bits per heavy atom. The lowest BCUT2D eigenvalue weighted by molar-refractivity contribution is 0.139. The highest BCUT2D eigenvalue weighted by Gasteiger charge is 2.29. The highest BCUT2D eigenvalue weighted by molar-refractivity contribution is 4.79. The molecular weight excluding hydrogens is 252 g/mol. The van der Waals surface area contributed by atoms with Crippen molar-refractivity contribution in [3.8, 4) is 0 Å². The summed E-state index contributed by atoms with van der Waals surface area (Å²) in [5.74, 6) is 7.12. The molecule has 1 saturated carbocycles. The maximum Gasteiger partial charge on any atom is -0.0388 e. The van der Waals surface area contributed by atoms with Gasteiger partial charge in [-0.2, -0.15) is 0 Å². The molecule has 0 radical (unpaired) electrons. The second-order valence-electron chi connectivity index (χ2n) is 8.82. The van der Waals surface area contributed by atoms with Crippen molar-refractivity contribution in [1.82, 2.24) is 0 Å². The van der Waals surface area contributed by atoms with E-state index in [1.807, 2.05) is 0 Å². The van der Waals surface area contributed by atoms with Crippen LogP contribution < -0.4 is 0 Å². The summed E-state index contributed by atoms with van der Waals surface area (Å²) >= 11 is 0. The molecule has 1 aliphatic rings. The molecule has 0 nitrogen and oxygen atoms in total. The first-order valence-corrected chi connectivity index (χ1v) is 9.77. The topological polar surface area (TPSA) is 0 Å². The van der Waals surface area contributed by atoms with E-state index < -0.39 is 0 Å². The zero-order valence-corrected chi connectivity index (χ0v) is 16.2. The Balaban J connectivity index is 2.88. The predicted octanol–water partition coefficient (Wildman–Crippen LogP) is 7.04. The fraction of sp³-hybridized carbons (Fsp3) is 1.00. The zero-order valence-electron chi connectivity index (χ0n) is 16.2. The number of hydrogen-bond acceptors (Lipinski definition) is 0. The van der Waals surface area contributed by atoms with Gasteiger partial charge in [0.1, 0.15) is 0 Å². The number of rotatable bonds is 1. The molecule has 21 heavy (non-hydrogen) atoms. The van der Waals surface area contributed by atoms with Crippen LogP contribution in [0.5, 0.6) is 0 Å². The third-order valence-corrected chi connectivity index (χ3v) is 7.41. The van der Waals surface area contributed by atoms with Gasteiger partial charge in [0, 0.05) is 0 Å². The molecule has 0 heterocycles. The van der Waals surface area contributed by atoms with Gasteiger partial charge in [0.25, 0.3) is 0 Å². The molecule has 1 aliphatic carbocycles. The van der Waals surface area contributed by atoms with Crippen molar-refractivity contribution in [2.24, 2.45) is 47.3 Å². The van der Waals surface area contributed by atoms with E-state index in [-0.39, 0.29) is 0 Å². The Hall–Kier alpha value is 0. The van der Waals surface area contributed by atoms with E-state index in [2.05, 4.69) is 55.4 Å². The lowest BCUT2D eigenvalue weighted by atomic mass is 9.69. The minimum Gasteiger partial charge on any atom is -0.0651 e. The molecule has 0 aromatic heterocycles. The van der Waals surface area contributed by atoms with Crippen molar-refractivity contribution in [2.45, 2.75) is 87.5 Å². The first-order valence-electron chi connectivity index (χ1n) is 9.77. The second kappa shape index (κ2) is 8.59. The fourth-order valence-corrected chi connectivity index (χ4v) is 4.66. The summed E-state index contributed by atoms with van der Waals surface area (Å²) in [4.78, 5) is 0. The first-order chi connectivity index (χ1) is 9.77. The second-order valence-corrected chi connectivity index (χ2v) is 8.82. The predicted molar refractivity (Wildman–Crippen MR) is 96.4 cm³/mol. The molecule has 126 valence electrons. The van der Waals surface area contributed by atoms with Crippen molar-refractivity contribution >= 4 is 0 Å². The molecule has 0 N–H and O–H groups in total. The Morgan fingerprint density at radius 1 is 0.571 bits per heavy atom. The van der Waals surface area contributed by atoms with E-state index in [0.29, 0.717) is 0 Å². The largest absolute Gasteiger partial charge is 0.0651 e. The molecule has 0 heteroatoms.